The fraction of sp³-hybridized carbons (Fsp3) is 0.462. The highest BCUT2D eigenvalue weighted by Crippen LogP contribution is 2.04. The van der Waals surface area contributed by atoms with E-state index in [9.17, 15) is 9.59 Å². The van der Waals surface area contributed by atoms with E-state index in [1.54, 1.807) is 39.2 Å². The summed E-state index contributed by atoms with van der Waals surface area (Å²) < 4.78 is 0. The lowest BCUT2D eigenvalue weighted by atomic mass is 10.1. The molecule has 104 valence electrons. The summed E-state index contributed by atoms with van der Waals surface area (Å²) in [5.74, 6) is -1.21. The summed E-state index contributed by atoms with van der Waals surface area (Å²) in [7, 11) is 1.60. The Labute approximate surface area is 112 Å². The van der Waals surface area contributed by atoms with Gasteiger partial charge in [-0.2, -0.15) is 0 Å². The number of carboxylic acid groups (broad SMARTS) is 1. The Kier molecular flexibility index (Phi) is 5.29. The van der Waals surface area contributed by atoms with Gasteiger partial charge in [0.2, 0.25) is 0 Å². The maximum absolute atomic E-state index is 11.9. The van der Waals surface area contributed by atoms with E-state index in [-0.39, 0.29) is 5.92 Å². The van der Waals surface area contributed by atoms with Gasteiger partial charge in [-0.3, -0.25) is 4.98 Å². The summed E-state index contributed by atoms with van der Waals surface area (Å²) in [5.41, 5.74) is 0.747. The lowest BCUT2D eigenvalue weighted by molar-refractivity contribution is -0.140. The Morgan fingerprint density at radius 1 is 1.42 bits per heavy atom. The number of hydrogen-bond acceptors (Lipinski definition) is 3. The Balaban J connectivity index is 2.60. The van der Waals surface area contributed by atoms with E-state index < -0.39 is 18.0 Å². The number of nitrogens with one attached hydrogen (secondary N) is 1. The average molecular weight is 265 g/mol. The fourth-order valence-electron chi connectivity index (χ4n) is 1.56. The number of carbonyl (C=O) groups is 2. The van der Waals surface area contributed by atoms with Gasteiger partial charge in [-0.05, 0) is 18.1 Å². The molecule has 0 aliphatic heterocycles. The molecule has 0 aromatic carbocycles. The van der Waals surface area contributed by atoms with Crippen LogP contribution in [0.4, 0.5) is 4.79 Å². The third kappa shape index (κ3) is 4.57. The van der Waals surface area contributed by atoms with Gasteiger partial charge < -0.3 is 15.3 Å². The van der Waals surface area contributed by atoms with Crippen LogP contribution in [0.25, 0.3) is 0 Å². The van der Waals surface area contributed by atoms with Gasteiger partial charge >= 0.3 is 12.0 Å². The summed E-state index contributed by atoms with van der Waals surface area (Å²) >= 11 is 0. The van der Waals surface area contributed by atoms with E-state index in [0.717, 1.165) is 5.69 Å². The summed E-state index contributed by atoms with van der Waals surface area (Å²) in [6.07, 6.45) is 1.65. The lowest BCUT2D eigenvalue weighted by Gasteiger charge is -2.23. The predicted octanol–water partition coefficient (Wildman–Crippen LogP) is 1.33. The highest BCUT2D eigenvalue weighted by molar-refractivity contribution is 5.82. The van der Waals surface area contributed by atoms with Gasteiger partial charge in [0.25, 0.3) is 0 Å². The van der Waals surface area contributed by atoms with Crippen LogP contribution in [0.3, 0.4) is 0 Å². The van der Waals surface area contributed by atoms with Crippen molar-refractivity contribution in [2.75, 3.05) is 7.05 Å². The minimum atomic E-state index is -1.03. The molecule has 0 unspecified atom stereocenters. The zero-order valence-corrected chi connectivity index (χ0v) is 11.3. The van der Waals surface area contributed by atoms with E-state index in [1.807, 2.05) is 6.07 Å². The normalized spacial score (nSPS) is 12.0. The number of pyridine rings is 1. The number of urea groups is 1. The molecule has 1 rings (SSSR count). The van der Waals surface area contributed by atoms with Crippen molar-refractivity contribution >= 4 is 12.0 Å². The van der Waals surface area contributed by atoms with Crippen molar-refractivity contribution < 1.29 is 14.7 Å². The minimum Gasteiger partial charge on any atom is -0.480 e. The molecule has 2 amide bonds. The average Bonchev–Trinajstić information content (AvgIpc) is 2.35. The first-order valence-corrected chi connectivity index (χ1v) is 6.06. The molecule has 1 heterocycles. The van der Waals surface area contributed by atoms with Crippen molar-refractivity contribution in [1.82, 2.24) is 15.2 Å². The molecule has 6 heteroatoms. The van der Waals surface area contributed by atoms with Gasteiger partial charge in [0, 0.05) is 13.2 Å². The Morgan fingerprint density at radius 2 is 2.11 bits per heavy atom. The molecule has 0 bridgehead atoms. The molecule has 0 saturated carbocycles. The van der Waals surface area contributed by atoms with Crippen LogP contribution in [0.5, 0.6) is 0 Å². The molecule has 0 aliphatic carbocycles. The van der Waals surface area contributed by atoms with E-state index in [1.165, 1.54) is 4.90 Å². The standard InChI is InChI=1S/C13H19N3O3/c1-9(2)11(12(17)18)15-13(19)16(3)8-10-6-4-5-7-14-10/h4-7,9,11H,8H2,1-3H3,(H,15,19)(H,17,18)/t11-/m1/s1. The Bertz CT molecular complexity index is 434. The highest BCUT2D eigenvalue weighted by atomic mass is 16.4. The SMILES string of the molecule is CC(C)[C@@H](NC(=O)N(C)Cc1ccccn1)C(=O)O. The highest BCUT2D eigenvalue weighted by Gasteiger charge is 2.24. The molecule has 6 nitrogen and oxygen atoms in total. The third-order valence-corrected chi connectivity index (χ3v) is 2.68. The molecule has 0 radical (unpaired) electrons. The van der Waals surface area contributed by atoms with Gasteiger partial charge in [-0.15, -0.1) is 0 Å². The van der Waals surface area contributed by atoms with E-state index in [2.05, 4.69) is 10.3 Å². The second kappa shape index (κ2) is 6.72. The van der Waals surface area contributed by atoms with Crippen LogP contribution in [0.1, 0.15) is 19.5 Å². The van der Waals surface area contributed by atoms with Crippen LogP contribution in [-0.2, 0) is 11.3 Å². The zero-order valence-electron chi connectivity index (χ0n) is 11.3. The molecule has 1 aromatic heterocycles. The van der Waals surface area contributed by atoms with Crippen LogP contribution >= 0.6 is 0 Å². The third-order valence-electron chi connectivity index (χ3n) is 2.68. The summed E-state index contributed by atoms with van der Waals surface area (Å²) in [5, 5.41) is 11.5. The van der Waals surface area contributed by atoms with Crippen LogP contribution in [0, 0.1) is 5.92 Å². The number of aliphatic carboxylic acids is 1. The van der Waals surface area contributed by atoms with Crippen LogP contribution in [0.15, 0.2) is 24.4 Å². The van der Waals surface area contributed by atoms with Crippen molar-refractivity contribution in [3.8, 4) is 0 Å². The molecular formula is C13H19N3O3. The van der Waals surface area contributed by atoms with Crippen molar-refractivity contribution in [2.24, 2.45) is 5.92 Å². The summed E-state index contributed by atoms with van der Waals surface area (Å²) in [4.78, 5) is 28.4. The number of amides is 2. The van der Waals surface area contributed by atoms with Crippen molar-refractivity contribution in [1.29, 1.82) is 0 Å². The van der Waals surface area contributed by atoms with Crippen molar-refractivity contribution in [3.05, 3.63) is 30.1 Å². The first-order valence-electron chi connectivity index (χ1n) is 6.06. The molecule has 1 atom stereocenters. The Hall–Kier alpha value is -2.11. The largest absolute Gasteiger partial charge is 0.480 e. The van der Waals surface area contributed by atoms with Gasteiger partial charge in [0.05, 0.1) is 12.2 Å². The number of hydrogen-bond donors (Lipinski definition) is 2. The maximum Gasteiger partial charge on any atom is 0.326 e. The fourth-order valence-corrected chi connectivity index (χ4v) is 1.56. The van der Waals surface area contributed by atoms with Crippen LogP contribution < -0.4 is 5.32 Å². The second-order valence-corrected chi connectivity index (χ2v) is 4.69. The topological polar surface area (TPSA) is 82.5 Å². The molecule has 0 aliphatic rings. The van der Waals surface area contributed by atoms with Gasteiger partial charge in [-0.25, -0.2) is 9.59 Å². The smallest absolute Gasteiger partial charge is 0.326 e. The molecule has 0 fully saturated rings. The van der Waals surface area contributed by atoms with E-state index in [4.69, 9.17) is 5.11 Å². The number of rotatable bonds is 5. The number of aromatic nitrogens is 1. The van der Waals surface area contributed by atoms with E-state index in [0.29, 0.717) is 6.54 Å². The number of nitrogens with zero attached hydrogens (tertiary/aromatic N) is 2. The molecule has 1 aromatic rings. The number of carboxylic acids is 1. The quantitative estimate of drug-likeness (QED) is 0.841. The van der Waals surface area contributed by atoms with Crippen LogP contribution in [0.2, 0.25) is 0 Å². The van der Waals surface area contributed by atoms with Crippen molar-refractivity contribution in [3.63, 3.8) is 0 Å². The van der Waals surface area contributed by atoms with Gasteiger partial charge in [0.15, 0.2) is 0 Å². The van der Waals surface area contributed by atoms with Crippen LogP contribution in [-0.4, -0.2) is 40.1 Å². The second-order valence-electron chi connectivity index (χ2n) is 4.69. The summed E-state index contributed by atoms with van der Waals surface area (Å²) in [6, 6.07) is 4.12. The maximum atomic E-state index is 11.9. The number of carbonyl (C=O) groups excluding carboxylic acids is 1. The first-order chi connectivity index (χ1) is 8.91. The molecule has 19 heavy (non-hydrogen) atoms. The lowest BCUT2D eigenvalue weighted by Crippen LogP contribution is -2.48. The van der Waals surface area contributed by atoms with E-state index >= 15 is 0 Å². The zero-order chi connectivity index (χ0) is 14.4. The monoisotopic (exact) mass is 265 g/mol. The van der Waals surface area contributed by atoms with Crippen molar-refractivity contribution in [2.45, 2.75) is 26.4 Å². The first kappa shape index (κ1) is 14.9. The molecule has 2 N–H and O–H groups in total. The molecule has 0 saturated heterocycles. The molecular weight excluding hydrogens is 246 g/mol. The Morgan fingerprint density at radius 3 is 2.58 bits per heavy atom. The predicted molar refractivity (Wildman–Crippen MR) is 70.5 cm³/mol. The van der Waals surface area contributed by atoms with Gasteiger partial charge in [0.1, 0.15) is 6.04 Å². The minimum absolute atomic E-state index is 0.176. The van der Waals surface area contributed by atoms with Gasteiger partial charge in [-0.1, -0.05) is 19.9 Å². The summed E-state index contributed by atoms with van der Waals surface area (Å²) in [6.45, 7) is 3.83. The molecule has 0 spiro atoms.